The molecule has 7 heteroatoms. The number of hydrogen-bond donors (Lipinski definition) is 0. The minimum atomic E-state index is -0.0154. The van der Waals surface area contributed by atoms with Crippen LogP contribution in [0.15, 0.2) is 47.0 Å². The minimum Gasteiger partial charge on any atom is -0.352 e. The number of rotatable bonds is 6. The van der Waals surface area contributed by atoms with Crippen LogP contribution in [-0.4, -0.2) is 52.1 Å². The summed E-state index contributed by atoms with van der Waals surface area (Å²) in [5.74, 6) is 1.87. The van der Waals surface area contributed by atoms with Gasteiger partial charge >= 0.3 is 0 Å². The molecule has 188 valence electrons. The molecule has 0 bridgehead atoms. The van der Waals surface area contributed by atoms with E-state index in [0.717, 1.165) is 66.0 Å². The largest absolute Gasteiger partial charge is 0.352 e. The molecular weight excluding hydrogens is 450 g/mol. The molecule has 7 nitrogen and oxygen atoms in total. The molecule has 0 spiro atoms. The van der Waals surface area contributed by atoms with E-state index >= 15 is 0 Å². The quantitative estimate of drug-likeness (QED) is 0.340. The van der Waals surface area contributed by atoms with Crippen molar-refractivity contribution >= 4 is 33.6 Å². The molecule has 0 unspecified atom stereocenters. The van der Waals surface area contributed by atoms with Crippen LogP contribution in [0.4, 0.5) is 5.82 Å². The Hall–Kier alpha value is -3.48. The van der Waals surface area contributed by atoms with Gasteiger partial charge in [-0.3, -0.25) is 4.79 Å². The van der Waals surface area contributed by atoms with E-state index in [0.29, 0.717) is 25.2 Å². The first-order valence-electron chi connectivity index (χ1n) is 13.0. The van der Waals surface area contributed by atoms with Crippen LogP contribution in [0.25, 0.3) is 33.1 Å². The maximum Gasteiger partial charge on any atom is 0.263 e. The monoisotopic (exact) mass is 485 g/mol. The van der Waals surface area contributed by atoms with Gasteiger partial charge in [0.15, 0.2) is 0 Å². The zero-order valence-electron chi connectivity index (χ0n) is 21.8. The van der Waals surface area contributed by atoms with Crippen LogP contribution in [0, 0.1) is 5.41 Å². The molecule has 1 amide bonds. The molecule has 36 heavy (non-hydrogen) atoms. The molecular formula is C29H35N5O2. The van der Waals surface area contributed by atoms with Crippen LogP contribution >= 0.6 is 0 Å². The van der Waals surface area contributed by atoms with Gasteiger partial charge in [-0.15, -0.1) is 0 Å². The van der Waals surface area contributed by atoms with E-state index in [-0.39, 0.29) is 11.3 Å². The summed E-state index contributed by atoms with van der Waals surface area (Å²) in [7, 11) is 0. The smallest absolute Gasteiger partial charge is 0.263 e. The number of hydrogen-bond acceptors (Lipinski definition) is 6. The summed E-state index contributed by atoms with van der Waals surface area (Å²) >= 11 is 0. The van der Waals surface area contributed by atoms with Crippen molar-refractivity contribution in [1.29, 1.82) is 0 Å². The Balaban J connectivity index is 1.50. The predicted molar refractivity (Wildman–Crippen MR) is 144 cm³/mol. The minimum absolute atomic E-state index is 0.0154. The fraction of sp³-hybridized carbons (Fsp3) is 0.448. The van der Waals surface area contributed by atoms with Crippen molar-refractivity contribution in [1.82, 2.24) is 20.0 Å². The third kappa shape index (κ3) is 5.06. The number of unbranched alkanes of at least 4 members (excludes halogenated alkanes) is 1. The molecule has 0 saturated carbocycles. The second-order valence-electron chi connectivity index (χ2n) is 10.9. The Morgan fingerprint density at radius 1 is 1.00 bits per heavy atom. The molecule has 1 fully saturated rings. The highest BCUT2D eigenvalue weighted by molar-refractivity contribution is 6.00. The molecule has 4 aromatic rings. The lowest BCUT2D eigenvalue weighted by Crippen LogP contribution is -2.49. The third-order valence-corrected chi connectivity index (χ3v) is 6.75. The molecule has 1 aliphatic heterocycles. The zero-order valence-corrected chi connectivity index (χ0v) is 21.8. The highest BCUT2D eigenvalue weighted by Gasteiger charge is 2.28. The molecule has 0 N–H and O–H groups in total. The van der Waals surface area contributed by atoms with Crippen LogP contribution in [-0.2, 0) is 11.2 Å². The first-order valence-corrected chi connectivity index (χ1v) is 13.0. The highest BCUT2D eigenvalue weighted by atomic mass is 16.5. The normalized spacial score (nSPS) is 14.7. The van der Waals surface area contributed by atoms with Gasteiger partial charge in [0.2, 0.25) is 5.91 Å². The van der Waals surface area contributed by atoms with Gasteiger partial charge < -0.3 is 14.3 Å². The van der Waals surface area contributed by atoms with Crippen molar-refractivity contribution in [2.75, 3.05) is 31.1 Å². The maximum absolute atomic E-state index is 12.8. The highest BCUT2D eigenvalue weighted by Crippen LogP contribution is 2.35. The summed E-state index contributed by atoms with van der Waals surface area (Å²) in [6.07, 6.45) is 3.45. The van der Waals surface area contributed by atoms with E-state index < -0.39 is 0 Å². The Morgan fingerprint density at radius 3 is 2.47 bits per heavy atom. The molecule has 5 rings (SSSR count). The lowest BCUT2D eigenvalue weighted by atomic mass is 9.91. The fourth-order valence-corrected chi connectivity index (χ4v) is 4.82. The lowest BCUT2D eigenvalue weighted by Gasteiger charge is -2.36. The number of nitrogens with zero attached hydrogens (tertiary/aromatic N) is 5. The average Bonchev–Trinajstić information content (AvgIpc) is 3.30. The number of carbonyl (C=O) groups excluding carboxylic acids is 1. The summed E-state index contributed by atoms with van der Waals surface area (Å²) in [6.45, 7) is 11.3. The molecule has 1 aliphatic rings. The second kappa shape index (κ2) is 9.88. The van der Waals surface area contributed by atoms with Gasteiger partial charge in [0.1, 0.15) is 22.7 Å². The van der Waals surface area contributed by atoms with Gasteiger partial charge in [-0.2, -0.15) is 4.98 Å². The van der Waals surface area contributed by atoms with Gasteiger partial charge in [-0.05, 0) is 28.7 Å². The molecule has 0 aliphatic carbocycles. The van der Waals surface area contributed by atoms with Crippen molar-refractivity contribution in [3.05, 3.63) is 48.3 Å². The summed E-state index contributed by atoms with van der Waals surface area (Å²) in [5.41, 5.74) is 2.26. The first kappa shape index (κ1) is 24.2. The average molecular weight is 486 g/mol. The van der Waals surface area contributed by atoms with Crippen molar-refractivity contribution in [3.8, 4) is 11.3 Å². The Kier molecular flexibility index (Phi) is 6.65. The van der Waals surface area contributed by atoms with Crippen LogP contribution in [0.3, 0.4) is 0 Å². The van der Waals surface area contributed by atoms with E-state index in [1.165, 1.54) is 5.39 Å². The Bertz CT molecular complexity index is 1380. The maximum atomic E-state index is 12.8. The summed E-state index contributed by atoms with van der Waals surface area (Å²) < 4.78 is 5.79. The number of benzene rings is 2. The van der Waals surface area contributed by atoms with E-state index in [1.54, 1.807) is 0 Å². The number of piperazine rings is 1. The van der Waals surface area contributed by atoms with Gasteiger partial charge in [0.05, 0.1) is 0 Å². The Labute approximate surface area is 212 Å². The summed E-state index contributed by atoms with van der Waals surface area (Å²) in [5, 5.41) is 7.65. The fourth-order valence-electron chi connectivity index (χ4n) is 4.82. The molecule has 2 aromatic heterocycles. The van der Waals surface area contributed by atoms with Crippen molar-refractivity contribution in [2.24, 2.45) is 5.41 Å². The van der Waals surface area contributed by atoms with E-state index in [1.807, 2.05) is 17.0 Å². The molecule has 0 radical (unpaired) electrons. The standard InChI is InChI=1S/C29H35N5O2/c1-5-6-11-23-30-27(34-16-14-33(15-17-34)24(35)19-29(2,3)4)25-26(32-36-28(25)31-23)22-13-12-20-9-7-8-10-21(20)18-22/h7-10,12-13,18H,5-6,11,14-17,19H2,1-4H3. The van der Waals surface area contributed by atoms with Crippen molar-refractivity contribution in [2.45, 2.75) is 53.4 Å². The third-order valence-electron chi connectivity index (χ3n) is 6.75. The number of amides is 1. The Morgan fingerprint density at radius 2 is 1.75 bits per heavy atom. The second-order valence-corrected chi connectivity index (χ2v) is 10.9. The number of anilines is 1. The number of fused-ring (bicyclic) bond motifs is 2. The van der Waals surface area contributed by atoms with Crippen LogP contribution < -0.4 is 4.90 Å². The lowest BCUT2D eigenvalue weighted by molar-refractivity contribution is -0.133. The molecule has 1 saturated heterocycles. The number of aromatic nitrogens is 3. The molecule has 3 heterocycles. The van der Waals surface area contributed by atoms with Gasteiger partial charge in [0, 0.05) is 44.6 Å². The number of aryl methyl sites for hydroxylation is 1. The van der Waals surface area contributed by atoms with Crippen LogP contribution in [0.5, 0.6) is 0 Å². The summed E-state index contributed by atoms with van der Waals surface area (Å²) in [6, 6.07) is 14.6. The van der Waals surface area contributed by atoms with Crippen molar-refractivity contribution < 1.29 is 9.32 Å². The summed E-state index contributed by atoms with van der Waals surface area (Å²) in [4.78, 5) is 26.8. The SMILES string of the molecule is CCCCc1nc(N2CCN(C(=O)CC(C)(C)C)CC2)c2c(-c3ccc4ccccc4c3)noc2n1. The van der Waals surface area contributed by atoms with Crippen LogP contribution in [0.1, 0.15) is 52.8 Å². The van der Waals surface area contributed by atoms with Gasteiger partial charge in [0.25, 0.3) is 5.71 Å². The predicted octanol–water partition coefficient (Wildman–Crippen LogP) is 5.87. The van der Waals surface area contributed by atoms with Gasteiger partial charge in [-0.25, -0.2) is 4.98 Å². The van der Waals surface area contributed by atoms with E-state index in [2.05, 4.69) is 68.1 Å². The van der Waals surface area contributed by atoms with E-state index in [4.69, 9.17) is 14.5 Å². The van der Waals surface area contributed by atoms with Crippen LogP contribution in [0.2, 0.25) is 0 Å². The molecule has 2 aromatic carbocycles. The first-order chi connectivity index (χ1) is 17.3. The number of carbonyl (C=O) groups is 1. The molecule has 0 atom stereocenters. The topological polar surface area (TPSA) is 75.4 Å². The zero-order chi connectivity index (χ0) is 25.3. The van der Waals surface area contributed by atoms with Gasteiger partial charge in [-0.1, -0.05) is 75.7 Å². The van der Waals surface area contributed by atoms with Crippen molar-refractivity contribution in [3.63, 3.8) is 0 Å². The van der Waals surface area contributed by atoms with E-state index in [9.17, 15) is 4.79 Å².